The second-order valence-corrected chi connectivity index (χ2v) is 11.0. The van der Waals surface area contributed by atoms with E-state index >= 15 is 0 Å². The molecule has 1 unspecified atom stereocenters. The highest BCUT2D eigenvalue weighted by Gasteiger charge is 2.35. The largest absolute Gasteiger partial charge is 0.506 e. The zero-order chi connectivity index (χ0) is 31.3. The molecule has 2 N–H and O–H groups in total. The van der Waals surface area contributed by atoms with Crippen molar-refractivity contribution < 1.29 is 10.2 Å². The Morgan fingerprint density at radius 1 is 0.636 bits per heavy atom. The van der Waals surface area contributed by atoms with Gasteiger partial charge >= 0.3 is 0 Å². The predicted molar refractivity (Wildman–Crippen MR) is 183 cm³/mol. The van der Waals surface area contributed by atoms with Crippen LogP contribution in [0.25, 0.3) is 10.8 Å². The molecule has 6 nitrogen and oxygen atoms in total. The van der Waals surface area contributed by atoms with Crippen molar-refractivity contribution in [2.24, 2.45) is 10.2 Å². The molecule has 0 aliphatic heterocycles. The SMILES string of the molecule is CCN(CC)c1ccc(C(O)(c2ccc(N=Nc3c(O)ccc4ccccc34)cc2)c2ccc(N(CC)CC)cc2C)cc1. The summed E-state index contributed by atoms with van der Waals surface area (Å²) in [4.78, 5) is 4.60. The second-order valence-electron chi connectivity index (χ2n) is 11.0. The van der Waals surface area contributed by atoms with Crippen LogP contribution in [0, 0.1) is 6.92 Å². The van der Waals surface area contributed by atoms with Crippen LogP contribution in [0.4, 0.5) is 22.7 Å². The number of hydrogen-bond acceptors (Lipinski definition) is 6. The van der Waals surface area contributed by atoms with Crippen LogP contribution in [0.15, 0.2) is 113 Å². The van der Waals surface area contributed by atoms with Crippen molar-refractivity contribution in [2.45, 2.75) is 40.2 Å². The number of azo groups is 1. The number of rotatable bonds is 11. The number of hydrogen-bond donors (Lipinski definition) is 2. The van der Waals surface area contributed by atoms with Crippen molar-refractivity contribution in [3.05, 3.63) is 125 Å². The molecule has 0 heterocycles. The molecule has 0 saturated carbocycles. The van der Waals surface area contributed by atoms with Gasteiger partial charge in [-0.1, -0.05) is 60.7 Å². The molecule has 1 atom stereocenters. The number of nitrogens with zero attached hydrogens (tertiary/aromatic N) is 4. The normalized spacial score (nSPS) is 12.9. The lowest BCUT2D eigenvalue weighted by atomic mass is 9.78. The average Bonchev–Trinajstić information content (AvgIpc) is 3.06. The van der Waals surface area contributed by atoms with E-state index in [2.05, 4.69) is 85.0 Å². The average molecular weight is 587 g/mol. The van der Waals surface area contributed by atoms with Crippen LogP contribution in [0.1, 0.15) is 49.9 Å². The summed E-state index contributed by atoms with van der Waals surface area (Å²) < 4.78 is 0. The summed E-state index contributed by atoms with van der Waals surface area (Å²) >= 11 is 0. The molecule has 44 heavy (non-hydrogen) atoms. The lowest BCUT2D eigenvalue weighted by Crippen LogP contribution is -2.30. The molecule has 5 aromatic rings. The third-order valence-electron chi connectivity index (χ3n) is 8.57. The summed E-state index contributed by atoms with van der Waals surface area (Å²) in [5.41, 5.74) is 5.30. The highest BCUT2D eigenvalue weighted by molar-refractivity contribution is 5.95. The lowest BCUT2D eigenvalue weighted by molar-refractivity contribution is 0.125. The Hall–Kier alpha value is -4.68. The van der Waals surface area contributed by atoms with E-state index in [1.54, 1.807) is 6.07 Å². The van der Waals surface area contributed by atoms with E-state index in [0.29, 0.717) is 11.4 Å². The first kappa shape index (κ1) is 30.8. The fourth-order valence-electron chi connectivity index (χ4n) is 6.04. The van der Waals surface area contributed by atoms with Gasteiger partial charge in [0.1, 0.15) is 17.0 Å². The zero-order valence-electron chi connectivity index (χ0n) is 26.3. The van der Waals surface area contributed by atoms with Gasteiger partial charge in [-0.25, -0.2) is 0 Å². The van der Waals surface area contributed by atoms with E-state index in [0.717, 1.165) is 70.6 Å². The minimum absolute atomic E-state index is 0.0789. The van der Waals surface area contributed by atoms with E-state index in [1.165, 1.54) is 0 Å². The summed E-state index contributed by atoms with van der Waals surface area (Å²) in [6.07, 6.45) is 0. The van der Waals surface area contributed by atoms with Crippen LogP contribution in [0.3, 0.4) is 0 Å². The van der Waals surface area contributed by atoms with Crippen LogP contribution in [0.2, 0.25) is 0 Å². The van der Waals surface area contributed by atoms with Crippen LogP contribution >= 0.6 is 0 Å². The maximum atomic E-state index is 12.7. The molecule has 6 heteroatoms. The highest BCUT2D eigenvalue weighted by atomic mass is 16.3. The fraction of sp³-hybridized carbons (Fsp3) is 0.263. The number of anilines is 2. The van der Waals surface area contributed by atoms with Crippen LogP contribution in [0.5, 0.6) is 5.75 Å². The monoisotopic (exact) mass is 586 g/mol. The van der Waals surface area contributed by atoms with Crippen molar-refractivity contribution in [3.63, 3.8) is 0 Å². The molecular weight excluding hydrogens is 544 g/mol. The molecule has 0 saturated heterocycles. The Morgan fingerprint density at radius 2 is 1.20 bits per heavy atom. The lowest BCUT2D eigenvalue weighted by Gasteiger charge is -2.33. The van der Waals surface area contributed by atoms with Crippen LogP contribution < -0.4 is 9.80 Å². The fourth-order valence-corrected chi connectivity index (χ4v) is 6.04. The summed E-state index contributed by atoms with van der Waals surface area (Å²) in [6.45, 7) is 14.3. The molecule has 226 valence electrons. The molecular formula is C38H42N4O2. The summed E-state index contributed by atoms with van der Waals surface area (Å²) in [7, 11) is 0. The maximum Gasteiger partial charge on any atom is 0.143 e. The standard InChI is InChI=1S/C38H42N4O2/c1-6-41(7-2)32-21-17-30(18-22-32)38(44,35-24-23-33(26-27(35)5)42(8-3)9-4)29-15-19-31(20-16-29)39-40-37-34-13-11-10-12-28(34)14-25-36(37)43/h10-26,43-44H,6-9H2,1-5H3. The molecule has 0 fully saturated rings. The molecule has 5 aromatic carbocycles. The van der Waals surface area contributed by atoms with E-state index < -0.39 is 5.60 Å². The molecule has 0 radical (unpaired) electrons. The predicted octanol–water partition coefficient (Wildman–Crippen LogP) is 9.25. The van der Waals surface area contributed by atoms with Gasteiger partial charge in [-0.3, -0.25) is 0 Å². The molecule has 5 rings (SSSR count). The summed E-state index contributed by atoms with van der Waals surface area (Å²) in [5, 5.41) is 33.9. The van der Waals surface area contributed by atoms with E-state index in [-0.39, 0.29) is 5.75 Å². The summed E-state index contributed by atoms with van der Waals surface area (Å²) in [6, 6.07) is 33.4. The van der Waals surface area contributed by atoms with E-state index in [9.17, 15) is 10.2 Å². The quantitative estimate of drug-likeness (QED) is 0.120. The van der Waals surface area contributed by atoms with Gasteiger partial charge in [-0.15, -0.1) is 5.11 Å². The topological polar surface area (TPSA) is 71.7 Å². The van der Waals surface area contributed by atoms with Crippen LogP contribution in [-0.4, -0.2) is 36.4 Å². The number of benzene rings is 5. The Bertz CT molecular complexity index is 1740. The minimum atomic E-state index is -1.39. The Kier molecular flexibility index (Phi) is 9.31. The van der Waals surface area contributed by atoms with Crippen molar-refractivity contribution in [2.75, 3.05) is 36.0 Å². The van der Waals surface area contributed by atoms with Gasteiger partial charge in [0.25, 0.3) is 0 Å². The molecule has 0 aromatic heterocycles. The number of fused-ring (bicyclic) bond motifs is 1. The second kappa shape index (κ2) is 13.3. The van der Waals surface area contributed by atoms with Crippen molar-refractivity contribution in [1.29, 1.82) is 0 Å². The van der Waals surface area contributed by atoms with Gasteiger partial charge in [0.15, 0.2) is 0 Å². The Labute approximate surface area is 260 Å². The zero-order valence-corrected chi connectivity index (χ0v) is 26.3. The first-order valence-electron chi connectivity index (χ1n) is 15.5. The van der Waals surface area contributed by atoms with Crippen molar-refractivity contribution >= 4 is 33.5 Å². The van der Waals surface area contributed by atoms with Gasteiger partial charge < -0.3 is 20.0 Å². The Balaban J connectivity index is 1.56. The minimum Gasteiger partial charge on any atom is -0.506 e. The third-order valence-corrected chi connectivity index (χ3v) is 8.57. The van der Waals surface area contributed by atoms with Gasteiger partial charge in [-0.2, -0.15) is 5.11 Å². The van der Waals surface area contributed by atoms with Gasteiger partial charge in [0, 0.05) is 42.9 Å². The smallest absolute Gasteiger partial charge is 0.143 e. The van der Waals surface area contributed by atoms with Crippen molar-refractivity contribution in [1.82, 2.24) is 0 Å². The number of aliphatic hydroxyl groups is 1. The maximum absolute atomic E-state index is 12.7. The summed E-state index contributed by atoms with van der Waals surface area (Å²) in [5.74, 6) is 0.0789. The molecule has 0 spiro atoms. The number of phenols is 1. The van der Waals surface area contributed by atoms with E-state index in [4.69, 9.17) is 0 Å². The molecule has 0 aliphatic carbocycles. The van der Waals surface area contributed by atoms with Crippen molar-refractivity contribution in [3.8, 4) is 5.75 Å². The van der Waals surface area contributed by atoms with Gasteiger partial charge in [0.2, 0.25) is 0 Å². The number of aryl methyl sites for hydroxylation is 1. The first-order valence-corrected chi connectivity index (χ1v) is 15.5. The number of aromatic hydroxyl groups is 1. The third kappa shape index (κ3) is 5.90. The van der Waals surface area contributed by atoms with Crippen LogP contribution in [-0.2, 0) is 5.60 Å². The molecule has 0 amide bonds. The number of phenolic OH excluding ortho intramolecular Hbond substituents is 1. The van der Waals surface area contributed by atoms with E-state index in [1.807, 2.05) is 66.7 Å². The highest BCUT2D eigenvalue weighted by Crippen LogP contribution is 2.41. The molecule has 0 aliphatic rings. The van der Waals surface area contributed by atoms with Gasteiger partial charge in [-0.05, 0) is 105 Å². The molecule has 0 bridgehead atoms. The first-order chi connectivity index (χ1) is 21.3. The Morgan fingerprint density at radius 3 is 1.82 bits per heavy atom. The van der Waals surface area contributed by atoms with Gasteiger partial charge in [0.05, 0.1) is 5.69 Å².